The Balaban J connectivity index is 1.30. The molecule has 0 aliphatic heterocycles. The molecule has 0 spiro atoms. The van der Waals surface area contributed by atoms with Crippen LogP contribution in [0.3, 0.4) is 0 Å². The van der Waals surface area contributed by atoms with Crippen LogP contribution < -0.4 is 4.90 Å². The molecule has 1 aliphatic carbocycles. The number of aromatic nitrogens is 1. The Bertz CT molecular complexity index is 2420. The number of fused-ring (bicyclic) bond motifs is 6. The highest BCUT2D eigenvalue weighted by Gasteiger charge is 2.36. The molecule has 7 aromatic carbocycles. The molecule has 0 N–H and O–H groups in total. The van der Waals surface area contributed by atoms with E-state index in [0.717, 1.165) is 33.9 Å². The second kappa shape index (κ2) is 10.5. The maximum Gasteiger partial charge on any atom is 0.0562 e. The Morgan fingerprint density at radius 2 is 1.30 bits per heavy atom. The molecule has 0 atom stereocenters. The highest BCUT2D eigenvalue weighted by atomic mass is 15.1. The summed E-state index contributed by atoms with van der Waals surface area (Å²) >= 11 is 0. The number of rotatable bonds is 5. The van der Waals surface area contributed by atoms with Crippen molar-refractivity contribution in [2.45, 2.75) is 19.3 Å². The van der Waals surface area contributed by atoms with Crippen LogP contribution in [0.25, 0.3) is 49.7 Å². The van der Waals surface area contributed by atoms with Gasteiger partial charge in [-0.3, -0.25) is 0 Å². The van der Waals surface area contributed by atoms with E-state index in [0.29, 0.717) is 0 Å². The summed E-state index contributed by atoms with van der Waals surface area (Å²) in [5.41, 5.74) is 14.4. The zero-order valence-corrected chi connectivity index (χ0v) is 26.4. The predicted molar refractivity (Wildman–Crippen MR) is 196 cm³/mol. The zero-order valence-electron chi connectivity index (χ0n) is 26.4. The summed E-state index contributed by atoms with van der Waals surface area (Å²) in [7, 11) is 0. The Morgan fingerprint density at radius 1 is 0.574 bits per heavy atom. The third kappa shape index (κ3) is 4.21. The lowest BCUT2D eigenvalue weighted by molar-refractivity contribution is 0.660. The third-order valence-electron chi connectivity index (χ3n) is 9.84. The lowest BCUT2D eigenvalue weighted by Crippen LogP contribution is -2.16. The van der Waals surface area contributed by atoms with Crippen molar-refractivity contribution in [3.63, 3.8) is 0 Å². The molecule has 2 nitrogen and oxygen atoms in total. The average Bonchev–Trinajstić information content (AvgIpc) is 3.59. The Hall–Kier alpha value is -6.04. The summed E-state index contributed by atoms with van der Waals surface area (Å²) in [6.07, 6.45) is 0. The van der Waals surface area contributed by atoms with E-state index in [9.17, 15) is 0 Å². The van der Waals surface area contributed by atoms with Crippen molar-refractivity contribution in [1.82, 2.24) is 4.57 Å². The number of benzene rings is 6. The maximum absolute atomic E-state index is 3.26. The topological polar surface area (TPSA) is 8.17 Å². The first kappa shape index (κ1) is 27.3. The molecule has 0 saturated carbocycles. The summed E-state index contributed by atoms with van der Waals surface area (Å²) in [5.74, 6) is 0. The summed E-state index contributed by atoms with van der Waals surface area (Å²) in [6, 6.07) is 63.2. The van der Waals surface area contributed by atoms with Gasteiger partial charge in [0, 0.05) is 38.8 Å². The van der Waals surface area contributed by atoms with Crippen molar-refractivity contribution < 1.29 is 0 Å². The minimum absolute atomic E-state index is 0.105. The van der Waals surface area contributed by atoms with Gasteiger partial charge in [0.05, 0.1) is 16.7 Å². The van der Waals surface area contributed by atoms with Crippen LogP contribution in [0.2, 0.25) is 0 Å². The average molecular weight is 601 g/mol. The predicted octanol–water partition coefficient (Wildman–Crippen LogP) is 11.8. The van der Waals surface area contributed by atoms with Gasteiger partial charge in [0.25, 0.3) is 0 Å². The fourth-order valence-electron chi connectivity index (χ4n) is 7.61. The molecule has 0 unspecified atom stereocenters. The van der Waals surface area contributed by atoms with E-state index < -0.39 is 0 Å². The van der Waals surface area contributed by atoms with Gasteiger partial charge in [-0.15, -0.1) is 0 Å². The molecule has 0 amide bonds. The molecule has 8 aromatic rings. The normalized spacial score (nSPS) is 12.9. The first-order valence-corrected chi connectivity index (χ1v) is 16.2. The second-order valence-corrected chi connectivity index (χ2v) is 12.9. The van der Waals surface area contributed by atoms with Gasteiger partial charge >= 0.3 is 0 Å². The number of para-hydroxylation sites is 2. The third-order valence-corrected chi connectivity index (χ3v) is 9.84. The van der Waals surface area contributed by atoms with Crippen LogP contribution in [0.5, 0.6) is 0 Å². The van der Waals surface area contributed by atoms with E-state index in [1.165, 1.54) is 44.1 Å². The molecule has 222 valence electrons. The van der Waals surface area contributed by atoms with Crippen molar-refractivity contribution in [1.29, 1.82) is 0 Å². The fourth-order valence-corrected chi connectivity index (χ4v) is 7.61. The van der Waals surface area contributed by atoms with Gasteiger partial charge in [-0.05, 0) is 94.5 Å². The van der Waals surface area contributed by atoms with E-state index in [1.807, 2.05) is 12.1 Å². The molecular formula is C45H32N2. The molecule has 0 radical (unpaired) electrons. The van der Waals surface area contributed by atoms with Crippen LogP contribution in [0.15, 0.2) is 158 Å². The highest BCUT2D eigenvalue weighted by Crippen LogP contribution is 2.51. The number of nitrogens with zero attached hydrogens (tertiary/aromatic N) is 2. The van der Waals surface area contributed by atoms with E-state index in [2.05, 4.69) is 181 Å². The van der Waals surface area contributed by atoms with Gasteiger partial charge in [0.15, 0.2) is 0 Å². The molecule has 2 heteroatoms. The van der Waals surface area contributed by atoms with E-state index in [-0.39, 0.29) is 5.41 Å². The van der Waals surface area contributed by atoms with E-state index >= 15 is 0 Å². The monoisotopic (exact) mass is 600 g/mol. The van der Waals surface area contributed by atoms with Crippen LogP contribution >= 0.6 is 0 Å². The van der Waals surface area contributed by atoms with Crippen molar-refractivity contribution in [3.05, 3.63) is 181 Å². The van der Waals surface area contributed by atoms with Crippen LogP contribution in [-0.2, 0) is 5.41 Å². The van der Waals surface area contributed by atoms with Crippen LogP contribution in [0, 0.1) is 12.1 Å². The number of anilines is 3. The van der Waals surface area contributed by atoms with Crippen molar-refractivity contribution in [3.8, 4) is 27.9 Å². The van der Waals surface area contributed by atoms with Crippen molar-refractivity contribution >= 4 is 38.9 Å². The van der Waals surface area contributed by atoms with Gasteiger partial charge in [-0.25, -0.2) is 0 Å². The van der Waals surface area contributed by atoms with E-state index in [4.69, 9.17) is 0 Å². The molecular weight excluding hydrogens is 569 g/mol. The van der Waals surface area contributed by atoms with Gasteiger partial charge < -0.3 is 9.47 Å². The zero-order chi connectivity index (χ0) is 31.5. The molecule has 9 rings (SSSR count). The Labute approximate surface area is 275 Å². The smallest absolute Gasteiger partial charge is 0.0562 e. The molecule has 1 aliphatic rings. The lowest BCUT2D eigenvalue weighted by atomic mass is 9.82. The summed E-state index contributed by atoms with van der Waals surface area (Å²) in [4.78, 5) is 2.44. The Morgan fingerprint density at radius 3 is 2.13 bits per heavy atom. The van der Waals surface area contributed by atoms with Crippen molar-refractivity contribution in [2.75, 3.05) is 4.90 Å². The first-order chi connectivity index (χ1) is 23.1. The lowest BCUT2D eigenvalue weighted by Gasteiger charge is -2.29. The quantitative estimate of drug-likeness (QED) is 0.191. The van der Waals surface area contributed by atoms with Gasteiger partial charge in [-0.2, -0.15) is 0 Å². The second-order valence-electron chi connectivity index (χ2n) is 12.9. The van der Waals surface area contributed by atoms with Crippen LogP contribution in [0.1, 0.15) is 25.0 Å². The van der Waals surface area contributed by atoms with E-state index in [1.54, 1.807) is 0 Å². The number of hydrogen-bond acceptors (Lipinski definition) is 1. The fraction of sp³-hybridized carbons (Fsp3) is 0.0667. The van der Waals surface area contributed by atoms with Gasteiger partial charge in [0.2, 0.25) is 0 Å². The first-order valence-electron chi connectivity index (χ1n) is 16.2. The maximum atomic E-state index is 3.26. The van der Waals surface area contributed by atoms with Crippen molar-refractivity contribution in [2.24, 2.45) is 0 Å². The largest absolute Gasteiger partial charge is 0.310 e. The molecule has 1 heterocycles. The number of hydrogen-bond donors (Lipinski definition) is 0. The molecule has 0 saturated heterocycles. The SMILES string of the molecule is CC1(C)c2ccccc2-c2ccc(N(c3ccc(-c4c#cccc4)cc3)c3cccc4c3c3ccccc3n4-c3ccccc3)cc21. The minimum Gasteiger partial charge on any atom is -0.310 e. The molecule has 47 heavy (non-hydrogen) atoms. The van der Waals surface area contributed by atoms with Gasteiger partial charge in [-0.1, -0.05) is 117 Å². The summed E-state index contributed by atoms with van der Waals surface area (Å²) < 4.78 is 2.39. The summed E-state index contributed by atoms with van der Waals surface area (Å²) in [5, 5.41) is 2.46. The molecule has 1 aromatic heterocycles. The molecule has 0 fully saturated rings. The summed E-state index contributed by atoms with van der Waals surface area (Å²) in [6.45, 7) is 4.70. The van der Waals surface area contributed by atoms with Crippen LogP contribution in [-0.4, -0.2) is 4.57 Å². The van der Waals surface area contributed by atoms with Crippen LogP contribution in [0.4, 0.5) is 17.1 Å². The molecule has 0 bridgehead atoms. The van der Waals surface area contributed by atoms with Gasteiger partial charge in [0.1, 0.15) is 0 Å². The minimum atomic E-state index is -0.105. The highest BCUT2D eigenvalue weighted by molar-refractivity contribution is 6.16. The standard InChI is InChI=1S/C45H32N2/c1-45(2)39-20-11-9-18-36(39)37-29-28-35(30-40(37)45)46(34-26-24-32(25-27-34)31-14-5-3-6-15-31)42-22-13-23-43-44(42)38-19-10-12-21-41(38)47(43)33-16-7-4-8-17-33/h3-5,7-14,16-30H,1-2H3. The Kier molecular flexibility index (Phi) is 6.10.